The third kappa shape index (κ3) is 3.30. The number of thiazole rings is 1. The average Bonchev–Trinajstić information content (AvgIpc) is 3.32. The molecule has 1 fully saturated rings. The molecule has 26 heavy (non-hydrogen) atoms. The highest BCUT2D eigenvalue weighted by molar-refractivity contribution is 7.11. The Labute approximate surface area is 154 Å². The number of nitrogens with one attached hydrogen (secondary N) is 1. The zero-order valence-corrected chi connectivity index (χ0v) is 15.2. The summed E-state index contributed by atoms with van der Waals surface area (Å²) < 4.78 is 1.75. The summed E-state index contributed by atoms with van der Waals surface area (Å²) >= 11 is 1.38. The number of para-hydroxylation sites is 1. The van der Waals surface area contributed by atoms with Gasteiger partial charge in [0.25, 0.3) is 5.91 Å². The highest BCUT2D eigenvalue weighted by Gasteiger charge is 2.25. The molecule has 9 heteroatoms. The standard InChI is InChI=1S/C17H19N7OS/c1-12-15(26-11-18-12)16(25)19-13-7-9-23(10-8-13)17-20-21-22-24(17)14-5-3-2-4-6-14/h2-6,11,13H,7-10H2,1H3,(H,19,25). The van der Waals surface area contributed by atoms with Crippen molar-refractivity contribution in [1.29, 1.82) is 0 Å². The number of nitrogens with zero attached hydrogens (tertiary/aromatic N) is 6. The Hall–Kier alpha value is -2.81. The van der Waals surface area contributed by atoms with E-state index in [-0.39, 0.29) is 11.9 Å². The van der Waals surface area contributed by atoms with Crippen LogP contribution in [0.15, 0.2) is 35.8 Å². The lowest BCUT2D eigenvalue weighted by molar-refractivity contribution is 0.0934. The fourth-order valence-electron chi connectivity index (χ4n) is 3.11. The monoisotopic (exact) mass is 369 g/mol. The number of tetrazole rings is 1. The number of aryl methyl sites for hydroxylation is 1. The second-order valence-corrected chi connectivity index (χ2v) is 7.08. The van der Waals surface area contributed by atoms with Gasteiger partial charge in [0.05, 0.1) is 16.9 Å². The van der Waals surface area contributed by atoms with Crippen molar-refractivity contribution in [2.24, 2.45) is 0 Å². The topological polar surface area (TPSA) is 88.8 Å². The third-order valence-corrected chi connectivity index (χ3v) is 5.45. The first-order chi connectivity index (χ1) is 12.7. The van der Waals surface area contributed by atoms with Crippen LogP contribution in [0.3, 0.4) is 0 Å². The number of carbonyl (C=O) groups is 1. The van der Waals surface area contributed by atoms with E-state index < -0.39 is 0 Å². The molecule has 1 amide bonds. The molecule has 8 nitrogen and oxygen atoms in total. The average molecular weight is 369 g/mol. The summed E-state index contributed by atoms with van der Waals surface area (Å²) in [6.45, 7) is 3.44. The van der Waals surface area contributed by atoms with Crippen LogP contribution in [-0.2, 0) is 0 Å². The van der Waals surface area contributed by atoms with E-state index in [0.717, 1.165) is 43.3 Å². The molecular formula is C17H19N7OS. The zero-order valence-electron chi connectivity index (χ0n) is 14.4. The van der Waals surface area contributed by atoms with Gasteiger partial charge < -0.3 is 10.2 Å². The first-order valence-electron chi connectivity index (χ1n) is 8.52. The van der Waals surface area contributed by atoms with Crippen molar-refractivity contribution in [3.8, 4) is 5.69 Å². The van der Waals surface area contributed by atoms with Crippen LogP contribution < -0.4 is 10.2 Å². The normalized spacial score (nSPS) is 15.2. The number of hydrogen-bond donors (Lipinski definition) is 1. The fraction of sp³-hybridized carbons (Fsp3) is 0.353. The van der Waals surface area contributed by atoms with E-state index in [2.05, 4.69) is 30.7 Å². The molecule has 1 N–H and O–H groups in total. The number of hydrogen-bond acceptors (Lipinski definition) is 7. The van der Waals surface area contributed by atoms with Crippen molar-refractivity contribution in [1.82, 2.24) is 30.5 Å². The van der Waals surface area contributed by atoms with Gasteiger partial charge in [-0.15, -0.1) is 11.3 Å². The highest BCUT2D eigenvalue weighted by atomic mass is 32.1. The van der Waals surface area contributed by atoms with Crippen molar-refractivity contribution in [2.45, 2.75) is 25.8 Å². The Morgan fingerprint density at radius 1 is 1.23 bits per heavy atom. The summed E-state index contributed by atoms with van der Waals surface area (Å²) in [5, 5.41) is 15.3. The quantitative estimate of drug-likeness (QED) is 0.755. The number of amides is 1. The Morgan fingerprint density at radius 3 is 2.69 bits per heavy atom. The first kappa shape index (κ1) is 16.6. The van der Waals surface area contributed by atoms with Gasteiger partial charge in [0.2, 0.25) is 5.95 Å². The van der Waals surface area contributed by atoms with Crippen molar-refractivity contribution < 1.29 is 4.79 Å². The number of aromatic nitrogens is 5. The van der Waals surface area contributed by atoms with Crippen molar-refractivity contribution in [3.63, 3.8) is 0 Å². The first-order valence-corrected chi connectivity index (χ1v) is 9.40. The molecule has 0 spiro atoms. The van der Waals surface area contributed by atoms with Crippen LogP contribution in [0.2, 0.25) is 0 Å². The Balaban J connectivity index is 1.40. The predicted octanol–water partition coefficient (Wildman–Crippen LogP) is 1.83. The predicted molar refractivity (Wildman–Crippen MR) is 98.7 cm³/mol. The number of benzene rings is 1. The van der Waals surface area contributed by atoms with Crippen molar-refractivity contribution in [2.75, 3.05) is 18.0 Å². The molecule has 0 bridgehead atoms. The van der Waals surface area contributed by atoms with Crippen LogP contribution >= 0.6 is 11.3 Å². The van der Waals surface area contributed by atoms with E-state index >= 15 is 0 Å². The number of piperidine rings is 1. The Bertz CT molecular complexity index is 883. The third-order valence-electron chi connectivity index (χ3n) is 4.52. The molecule has 0 unspecified atom stereocenters. The lowest BCUT2D eigenvalue weighted by atomic mass is 10.1. The molecule has 4 rings (SSSR count). The second-order valence-electron chi connectivity index (χ2n) is 6.23. The van der Waals surface area contributed by atoms with E-state index in [9.17, 15) is 4.79 Å². The van der Waals surface area contributed by atoms with Gasteiger partial charge in [-0.05, 0) is 42.3 Å². The van der Waals surface area contributed by atoms with Crippen LogP contribution in [0.1, 0.15) is 28.2 Å². The van der Waals surface area contributed by atoms with Crippen LogP contribution in [-0.4, -0.2) is 50.2 Å². The smallest absolute Gasteiger partial charge is 0.263 e. The Morgan fingerprint density at radius 2 is 2.00 bits per heavy atom. The summed E-state index contributed by atoms with van der Waals surface area (Å²) in [5.41, 5.74) is 3.42. The van der Waals surface area contributed by atoms with Crippen LogP contribution in [0.25, 0.3) is 5.69 Å². The summed E-state index contributed by atoms with van der Waals surface area (Å²) in [5.74, 6) is 0.705. The van der Waals surface area contributed by atoms with Gasteiger partial charge in [0.15, 0.2) is 0 Å². The highest BCUT2D eigenvalue weighted by Crippen LogP contribution is 2.21. The van der Waals surface area contributed by atoms with E-state index in [0.29, 0.717) is 4.88 Å². The van der Waals surface area contributed by atoms with E-state index in [1.54, 1.807) is 10.2 Å². The molecule has 3 heterocycles. The van der Waals surface area contributed by atoms with E-state index in [4.69, 9.17) is 0 Å². The number of anilines is 1. The molecule has 0 radical (unpaired) electrons. The van der Waals surface area contributed by atoms with Gasteiger partial charge in [-0.3, -0.25) is 4.79 Å². The van der Waals surface area contributed by atoms with Gasteiger partial charge in [-0.2, -0.15) is 4.68 Å². The molecule has 1 saturated heterocycles. The second kappa shape index (κ2) is 7.20. The van der Waals surface area contributed by atoms with E-state index in [1.807, 2.05) is 37.3 Å². The summed E-state index contributed by atoms with van der Waals surface area (Å²) in [6.07, 6.45) is 1.70. The van der Waals surface area contributed by atoms with Gasteiger partial charge >= 0.3 is 0 Å². The van der Waals surface area contributed by atoms with Gasteiger partial charge in [0, 0.05) is 19.1 Å². The fourth-order valence-corrected chi connectivity index (χ4v) is 3.82. The molecule has 0 aliphatic carbocycles. The molecule has 1 aromatic carbocycles. The molecule has 0 saturated carbocycles. The summed E-state index contributed by atoms with van der Waals surface area (Å²) in [6, 6.07) is 10.00. The molecule has 1 aliphatic rings. The zero-order chi connectivity index (χ0) is 17.9. The molecule has 2 aromatic heterocycles. The molecular weight excluding hydrogens is 350 g/mol. The van der Waals surface area contributed by atoms with Crippen LogP contribution in [0.4, 0.5) is 5.95 Å². The minimum absolute atomic E-state index is 0.0300. The van der Waals surface area contributed by atoms with Crippen LogP contribution in [0.5, 0.6) is 0 Å². The molecule has 3 aromatic rings. The van der Waals surface area contributed by atoms with Crippen molar-refractivity contribution in [3.05, 3.63) is 46.4 Å². The van der Waals surface area contributed by atoms with E-state index in [1.165, 1.54) is 11.3 Å². The van der Waals surface area contributed by atoms with Crippen molar-refractivity contribution >= 4 is 23.2 Å². The summed E-state index contributed by atoms with van der Waals surface area (Å²) in [4.78, 5) is 19.3. The lowest BCUT2D eigenvalue weighted by Crippen LogP contribution is -2.45. The lowest BCUT2D eigenvalue weighted by Gasteiger charge is -2.32. The summed E-state index contributed by atoms with van der Waals surface area (Å²) in [7, 11) is 0. The van der Waals surface area contributed by atoms with Gasteiger partial charge in [-0.25, -0.2) is 4.98 Å². The minimum atomic E-state index is -0.0300. The minimum Gasteiger partial charge on any atom is -0.348 e. The van der Waals surface area contributed by atoms with Gasteiger partial charge in [0.1, 0.15) is 4.88 Å². The maximum Gasteiger partial charge on any atom is 0.263 e. The number of rotatable bonds is 4. The molecule has 134 valence electrons. The SMILES string of the molecule is Cc1ncsc1C(=O)NC1CCN(c2nnnn2-c2ccccc2)CC1. The van der Waals surface area contributed by atoms with Gasteiger partial charge in [-0.1, -0.05) is 23.3 Å². The van der Waals surface area contributed by atoms with Crippen LogP contribution in [0, 0.1) is 6.92 Å². The maximum atomic E-state index is 12.4. The molecule has 1 aliphatic heterocycles. The maximum absolute atomic E-state index is 12.4. The number of carbonyl (C=O) groups excluding carboxylic acids is 1. The largest absolute Gasteiger partial charge is 0.348 e. The molecule has 0 atom stereocenters. The Kier molecular flexibility index (Phi) is 4.61.